The van der Waals surface area contributed by atoms with Crippen molar-refractivity contribution in [2.24, 2.45) is 0 Å². The summed E-state index contributed by atoms with van der Waals surface area (Å²) in [6.07, 6.45) is 0. The van der Waals surface area contributed by atoms with Crippen LogP contribution in [0.4, 0.5) is 51.2 Å². The van der Waals surface area contributed by atoms with E-state index in [2.05, 4.69) is 251 Å². The van der Waals surface area contributed by atoms with Crippen LogP contribution in [0.1, 0.15) is 0 Å². The average molecular weight is 770 g/mol. The van der Waals surface area contributed by atoms with Gasteiger partial charge in [0.1, 0.15) is 11.2 Å². The smallest absolute Gasteiger partial charge is 0.143 e. The Labute approximate surface area is 349 Å². The van der Waals surface area contributed by atoms with E-state index in [4.69, 9.17) is 4.42 Å². The Morgan fingerprint density at radius 1 is 0.250 bits per heavy atom. The topological polar surface area (TPSA) is 22.9 Å². The standard InChI is InChI=1S/C56H39N3O/c1-5-15-43(16-6-1)57(44-17-7-2-8-18-44)48-31-35-50(36-32-48)59(51-37-33-49(34-38-51)58(45-19-9-3-10-20-45)46-21-11-4-12-22-46)47-29-26-40(27-30-47)52-39-28-42-25-24-41-14-13-23-53-54(41)55(42)56(52)60-53/h1-39H. The molecule has 0 aliphatic rings. The van der Waals surface area contributed by atoms with Crippen molar-refractivity contribution in [2.75, 3.05) is 14.7 Å². The van der Waals surface area contributed by atoms with E-state index in [1.54, 1.807) is 0 Å². The van der Waals surface area contributed by atoms with E-state index >= 15 is 0 Å². The Morgan fingerprint density at radius 3 is 0.983 bits per heavy atom. The maximum Gasteiger partial charge on any atom is 0.143 e. The molecule has 0 spiro atoms. The van der Waals surface area contributed by atoms with Crippen molar-refractivity contribution in [2.45, 2.75) is 0 Å². The van der Waals surface area contributed by atoms with Gasteiger partial charge < -0.3 is 19.1 Å². The monoisotopic (exact) mass is 769 g/mol. The lowest BCUT2D eigenvalue weighted by Gasteiger charge is -2.29. The highest BCUT2D eigenvalue weighted by molar-refractivity contribution is 6.24. The van der Waals surface area contributed by atoms with Crippen molar-refractivity contribution in [3.8, 4) is 11.1 Å². The first-order chi connectivity index (χ1) is 29.8. The summed E-state index contributed by atoms with van der Waals surface area (Å²) >= 11 is 0. The van der Waals surface area contributed by atoms with Gasteiger partial charge in [-0.25, -0.2) is 0 Å². The van der Waals surface area contributed by atoms with Crippen molar-refractivity contribution < 1.29 is 4.42 Å². The van der Waals surface area contributed by atoms with E-state index in [1.165, 1.54) is 21.5 Å². The van der Waals surface area contributed by atoms with E-state index in [-0.39, 0.29) is 0 Å². The second-order valence-corrected chi connectivity index (χ2v) is 15.0. The van der Waals surface area contributed by atoms with Crippen LogP contribution in [0.2, 0.25) is 0 Å². The number of para-hydroxylation sites is 4. The molecule has 284 valence electrons. The van der Waals surface area contributed by atoms with Gasteiger partial charge in [0.05, 0.1) is 0 Å². The van der Waals surface area contributed by atoms with Gasteiger partial charge in [-0.3, -0.25) is 0 Å². The molecule has 0 bridgehead atoms. The third-order valence-corrected chi connectivity index (χ3v) is 11.4. The Balaban J connectivity index is 1.01. The van der Waals surface area contributed by atoms with Gasteiger partial charge in [0.15, 0.2) is 0 Å². The zero-order valence-corrected chi connectivity index (χ0v) is 32.8. The minimum Gasteiger partial charge on any atom is -0.455 e. The number of anilines is 9. The molecule has 4 nitrogen and oxygen atoms in total. The van der Waals surface area contributed by atoms with Crippen molar-refractivity contribution in [1.29, 1.82) is 0 Å². The molecule has 0 saturated heterocycles. The SMILES string of the molecule is c1ccc(N(c2ccccc2)c2ccc(N(c3ccc(-c4ccc5ccc6cccc7oc4c5c67)cc3)c3ccc(N(c4ccccc4)c4ccccc4)cc3)cc2)cc1. The Bertz CT molecular complexity index is 2960. The number of hydrogen-bond donors (Lipinski definition) is 0. The first kappa shape index (κ1) is 35.1. The Morgan fingerprint density at radius 2 is 0.583 bits per heavy atom. The molecule has 11 aromatic rings. The summed E-state index contributed by atoms with van der Waals surface area (Å²) in [7, 11) is 0. The predicted octanol–water partition coefficient (Wildman–Crippen LogP) is 16.3. The fourth-order valence-electron chi connectivity index (χ4n) is 8.60. The van der Waals surface area contributed by atoms with Gasteiger partial charge in [0, 0.05) is 67.5 Å². The maximum atomic E-state index is 6.59. The number of furan rings is 1. The molecule has 0 amide bonds. The van der Waals surface area contributed by atoms with Gasteiger partial charge >= 0.3 is 0 Å². The van der Waals surface area contributed by atoms with Crippen LogP contribution >= 0.6 is 0 Å². The molecular weight excluding hydrogens is 731 g/mol. The molecule has 11 rings (SSSR count). The first-order valence-electron chi connectivity index (χ1n) is 20.3. The Hall–Kier alpha value is -8.08. The number of benzene rings is 10. The van der Waals surface area contributed by atoms with Crippen LogP contribution in [0.3, 0.4) is 0 Å². The molecule has 1 aromatic heterocycles. The summed E-state index contributed by atoms with van der Waals surface area (Å²) in [5.41, 5.74) is 13.8. The van der Waals surface area contributed by atoms with E-state index in [9.17, 15) is 0 Å². The van der Waals surface area contributed by atoms with Crippen molar-refractivity contribution in [3.63, 3.8) is 0 Å². The second kappa shape index (κ2) is 15.0. The van der Waals surface area contributed by atoms with Gasteiger partial charge in [0.25, 0.3) is 0 Å². The maximum absolute atomic E-state index is 6.59. The summed E-state index contributed by atoms with van der Waals surface area (Å²) < 4.78 is 6.59. The van der Waals surface area contributed by atoms with E-state index in [0.29, 0.717) is 0 Å². The van der Waals surface area contributed by atoms with Crippen LogP contribution in [0.25, 0.3) is 43.8 Å². The summed E-state index contributed by atoms with van der Waals surface area (Å²) in [6, 6.07) is 83.8. The number of nitrogens with zero attached hydrogens (tertiary/aromatic N) is 3. The summed E-state index contributed by atoms with van der Waals surface area (Å²) in [6.45, 7) is 0. The predicted molar refractivity (Wildman–Crippen MR) is 252 cm³/mol. The van der Waals surface area contributed by atoms with Crippen LogP contribution in [0.5, 0.6) is 0 Å². The van der Waals surface area contributed by atoms with E-state index in [1.807, 2.05) is 0 Å². The highest BCUT2D eigenvalue weighted by atomic mass is 16.3. The fourth-order valence-corrected chi connectivity index (χ4v) is 8.60. The highest BCUT2D eigenvalue weighted by Gasteiger charge is 2.20. The molecule has 0 fully saturated rings. The minimum absolute atomic E-state index is 0.923. The van der Waals surface area contributed by atoms with Crippen LogP contribution in [-0.2, 0) is 0 Å². The average Bonchev–Trinajstić information content (AvgIpc) is 3.72. The molecule has 4 heteroatoms. The van der Waals surface area contributed by atoms with Gasteiger partial charge in [0.2, 0.25) is 0 Å². The second-order valence-electron chi connectivity index (χ2n) is 15.0. The zero-order valence-electron chi connectivity index (χ0n) is 32.8. The molecule has 0 aliphatic heterocycles. The van der Waals surface area contributed by atoms with Gasteiger partial charge in [-0.05, 0) is 138 Å². The van der Waals surface area contributed by atoms with E-state index in [0.717, 1.165) is 73.5 Å². The molecule has 0 aliphatic carbocycles. The van der Waals surface area contributed by atoms with Gasteiger partial charge in [-0.2, -0.15) is 0 Å². The van der Waals surface area contributed by atoms with Gasteiger partial charge in [-0.1, -0.05) is 115 Å². The summed E-state index contributed by atoms with van der Waals surface area (Å²) in [4.78, 5) is 6.92. The molecule has 10 aromatic carbocycles. The van der Waals surface area contributed by atoms with Crippen LogP contribution in [-0.4, -0.2) is 0 Å². The third-order valence-electron chi connectivity index (χ3n) is 11.4. The largest absolute Gasteiger partial charge is 0.455 e. The molecule has 1 heterocycles. The van der Waals surface area contributed by atoms with Crippen LogP contribution in [0, 0.1) is 0 Å². The zero-order chi connectivity index (χ0) is 39.8. The normalized spacial score (nSPS) is 11.3. The summed E-state index contributed by atoms with van der Waals surface area (Å²) in [5.74, 6) is 0. The molecule has 0 unspecified atom stereocenters. The Kier molecular flexibility index (Phi) is 8.79. The quantitative estimate of drug-likeness (QED) is 0.129. The molecule has 60 heavy (non-hydrogen) atoms. The molecule has 0 radical (unpaired) electrons. The molecule has 0 atom stereocenters. The van der Waals surface area contributed by atoms with Crippen molar-refractivity contribution >= 4 is 83.9 Å². The van der Waals surface area contributed by atoms with Crippen LogP contribution in [0.15, 0.2) is 241 Å². The van der Waals surface area contributed by atoms with Gasteiger partial charge in [-0.15, -0.1) is 0 Å². The molecule has 0 saturated carbocycles. The molecule has 0 N–H and O–H groups in total. The van der Waals surface area contributed by atoms with Crippen molar-refractivity contribution in [1.82, 2.24) is 0 Å². The van der Waals surface area contributed by atoms with E-state index < -0.39 is 0 Å². The fraction of sp³-hybridized carbons (Fsp3) is 0. The lowest BCUT2D eigenvalue weighted by Crippen LogP contribution is -2.13. The first-order valence-corrected chi connectivity index (χ1v) is 20.3. The van der Waals surface area contributed by atoms with Crippen molar-refractivity contribution in [3.05, 3.63) is 237 Å². The highest BCUT2D eigenvalue weighted by Crippen LogP contribution is 2.44. The minimum atomic E-state index is 0.923. The summed E-state index contributed by atoms with van der Waals surface area (Å²) in [5, 5.41) is 4.77. The lowest BCUT2D eigenvalue weighted by atomic mass is 9.97. The number of rotatable bonds is 10. The lowest BCUT2D eigenvalue weighted by molar-refractivity contribution is 0.670. The third kappa shape index (κ3) is 6.28. The number of hydrogen-bond acceptors (Lipinski definition) is 4. The van der Waals surface area contributed by atoms with Crippen LogP contribution < -0.4 is 14.7 Å². The molecular formula is C56H39N3O.